The van der Waals surface area contributed by atoms with Crippen molar-refractivity contribution in [1.82, 2.24) is 0 Å². The van der Waals surface area contributed by atoms with E-state index in [1.165, 1.54) is 24.3 Å². The van der Waals surface area contributed by atoms with Crippen LogP contribution in [0.2, 0.25) is 0 Å². The quantitative estimate of drug-likeness (QED) is 0.272. The van der Waals surface area contributed by atoms with Gasteiger partial charge in [0.15, 0.2) is 6.10 Å². The second-order valence-corrected chi connectivity index (χ2v) is 9.38. The Morgan fingerprint density at radius 3 is 1.90 bits per heavy atom. The Hall–Kier alpha value is -2.27. The number of rotatable bonds is 12. The number of carbonyl (C=O) groups excluding carboxylic acids is 1. The molecule has 0 heterocycles. The number of hydrogen-bond donors (Lipinski definition) is 0. The van der Waals surface area contributed by atoms with Crippen molar-refractivity contribution in [3.05, 3.63) is 60.7 Å². The van der Waals surface area contributed by atoms with Gasteiger partial charge in [0, 0.05) is 0 Å². The summed E-state index contributed by atoms with van der Waals surface area (Å²) in [5, 5.41) is 0. The molecule has 0 amide bonds. The van der Waals surface area contributed by atoms with Crippen molar-refractivity contribution in [3.63, 3.8) is 0 Å². The third-order valence-corrected chi connectivity index (χ3v) is 6.62. The van der Waals surface area contributed by atoms with Crippen LogP contribution in [0, 0.1) is 0 Å². The molecule has 0 radical (unpaired) electrons. The van der Waals surface area contributed by atoms with Gasteiger partial charge in [0.25, 0.3) is 20.2 Å². The zero-order valence-electron chi connectivity index (χ0n) is 16.5. The van der Waals surface area contributed by atoms with Crippen LogP contribution in [0.15, 0.2) is 70.5 Å². The van der Waals surface area contributed by atoms with Crippen molar-refractivity contribution in [2.75, 3.05) is 13.2 Å². The van der Waals surface area contributed by atoms with Crippen LogP contribution in [0.1, 0.15) is 26.2 Å². The van der Waals surface area contributed by atoms with Crippen LogP contribution in [0.4, 0.5) is 0 Å². The Labute approximate surface area is 177 Å². The Bertz CT molecular complexity index is 1000. The van der Waals surface area contributed by atoms with E-state index in [1.807, 2.05) is 0 Å². The van der Waals surface area contributed by atoms with E-state index in [0.29, 0.717) is 0 Å². The summed E-state index contributed by atoms with van der Waals surface area (Å²) in [6.45, 7) is 1.56. The van der Waals surface area contributed by atoms with Gasteiger partial charge in [-0.2, -0.15) is 16.8 Å². The summed E-state index contributed by atoms with van der Waals surface area (Å²) in [6, 6.07) is 15.2. The normalized spacial score (nSPS) is 13.0. The molecule has 0 aromatic heterocycles. The summed E-state index contributed by atoms with van der Waals surface area (Å²) in [7, 11) is -8.02. The van der Waals surface area contributed by atoms with Crippen LogP contribution in [0.3, 0.4) is 0 Å². The maximum Gasteiger partial charge on any atom is 0.336 e. The number of ether oxygens (including phenoxy) is 1. The first kappa shape index (κ1) is 24.0. The van der Waals surface area contributed by atoms with Crippen LogP contribution < -0.4 is 0 Å². The molecule has 0 bridgehead atoms. The van der Waals surface area contributed by atoms with Gasteiger partial charge in [-0.05, 0) is 50.5 Å². The smallest absolute Gasteiger partial charge is 0.336 e. The van der Waals surface area contributed by atoms with Gasteiger partial charge in [-0.1, -0.05) is 36.4 Å². The lowest BCUT2D eigenvalue weighted by molar-refractivity contribution is -0.151. The van der Waals surface area contributed by atoms with Crippen molar-refractivity contribution >= 4 is 26.2 Å². The number of unbranched alkanes of at least 4 members (excludes halogenated alkanes) is 1. The second-order valence-electron chi connectivity index (χ2n) is 6.19. The highest BCUT2D eigenvalue weighted by Gasteiger charge is 2.28. The first-order valence-corrected chi connectivity index (χ1v) is 12.2. The van der Waals surface area contributed by atoms with Gasteiger partial charge in [-0.3, -0.25) is 8.37 Å². The maximum atomic E-state index is 12.4. The van der Waals surface area contributed by atoms with Crippen molar-refractivity contribution in [3.8, 4) is 0 Å². The summed E-state index contributed by atoms with van der Waals surface area (Å²) >= 11 is 0. The molecule has 0 N–H and O–H groups in total. The van der Waals surface area contributed by atoms with Gasteiger partial charge < -0.3 is 4.74 Å². The second kappa shape index (κ2) is 11.2. The van der Waals surface area contributed by atoms with Crippen molar-refractivity contribution in [2.24, 2.45) is 0 Å². The first-order valence-electron chi connectivity index (χ1n) is 9.35. The molecule has 0 aliphatic heterocycles. The van der Waals surface area contributed by atoms with Gasteiger partial charge in [-0.15, -0.1) is 0 Å². The lowest BCUT2D eigenvalue weighted by Gasteiger charge is -2.16. The van der Waals surface area contributed by atoms with Gasteiger partial charge in [-0.25, -0.2) is 4.79 Å². The minimum absolute atomic E-state index is 0.0274. The molecule has 2 aromatic rings. The van der Waals surface area contributed by atoms with E-state index in [2.05, 4.69) is 0 Å². The molecule has 0 saturated heterocycles. The summed E-state index contributed by atoms with van der Waals surface area (Å²) in [5.74, 6) is -0.796. The molecule has 0 aliphatic carbocycles. The monoisotopic (exact) mass is 456 g/mol. The summed E-state index contributed by atoms with van der Waals surface area (Å²) in [6.07, 6.45) is -0.741. The molecule has 1 atom stereocenters. The highest BCUT2D eigenvalue weighted by molar-refractivity contribution is 7.87. The maximum absolute atomic E-state index is 12.4. The van der Waals surface area contributed by atoms with Gasteiger partial charge in [0.1, 0.15) is 0 Å². The fraction of sp³-hybridized carbons (Fsp3) is 0.350. The molecule has 2 aromatic carbocycles. The summed E-state index contributed by atoms with van der Waals surface area (Å²) in [4.78, 5) is 12.1. The highest BCUT2D eigenvalue weighted by atomic mass is 32.2. The third kappa shape index (κ3) is 7.21. The van der Waals surface area contributed by atoms with Crippen molar-refractivity contribution < 1.29 is 34.7 Å². The standard InChI is InChI=1S/C20H24O8S2/c1-2-26-20(21)19(28-30(24,25)18-13-7-4-8-14-18)15-9-10-16-27-29(22,23)17-11-5-3-6-12-17/h3-8,11-14,19H,2,9-10,15-16H2,1H3. The van der Waals surface area contributed by atoms with Crippen LogP contribution in [0.5, 0.6) is 0 Å². The largest absolute Gasteiger partial charge is 0.464 e. The molecule has 2 rings (SSSR count). The predicted octanol–water partition coefficient (Wildman–Crippen LogP) is 2.90. The average Bonchev–Trinajstić information content (AvgIpc) is 2.74. The number of benzene rings is 2. The molecule has 0 spiro atoms. The minimum Gasteiger partial charge on any atom is -0.464 e. The Balaban J connectivity index is 1.92. The molecule has 164 valence electrons. The van der Waals surface area contributed by atoms with Crippen LogP contribution in [0.25, 0.3) is 0 Å². The topological polar surface area (TPSA) is 113 Å². The number of carbonyl (C=O) groups is 1. The lowest BCUT2D eigenvalue weighted by atomic mass is 10.1. The zero-order chi connectivity index (χ0) is 22.0. The van der Waals surface area contributed by atoms with Gasteiger partial charge in [0.05, 0.1) is 23.0 Å². The molecule has 0 saturated carbocycles. The van der Waals surface area contributed by atoms with Gasteiger partial charge in [0.2, 0.25) is 0 Å². The fourth-order valence-electron chi connectivity index (χ4n) is 2.49. The van der Waals surface area contributed by atoms with E-state index in [0.717, 1.165) is 0 Å². The summed E-state index contributed by atoms with van der Waals surface area (Å²) < 4.78 is 63.9. The van der Waals surface area contributed by atoms with Gasteiger partial charge >= 0.3 is 5.97 Å². The average molecular weight is 457 g/mol. The molecular weight excluding hydrogens is 432 g/mol. The lowest BCUT2D eigenvalue weighted by Crippen LogP contribution is -2.29. The Morgan fingerprint density at radius 2 is 1.37 bits per heavy atom. The molecule has 8 nitrogen and oxygen atoms in total. The van der Waals surface area contributed by atoms with Crippen molar-refractivity contribution in [1.29, 1.82) is 0 Å². The molecule has 10 heteroatoms. The van der Waals surface area contributed by atoms with Crippen molar-refractivity contribution in [2.45, 2.75) is 42.1 Å². The Kier molecular flexibility index (Phi) is 8.97. The number of hydrogen-bond acceptors (Lipinski definition) is 8. The number of esters is 1. The van der Waals surface area contributed by atoms with Crippen LogP contribution >= 0.6 is 0 Å². The van der Waals surface area contributed by atoms with Crippen LogP contribution in [-0.4, -0.2) is 42.1 Å². The molecule has 30 heavy (non-hydrogen) atoms. The molecule has 0 aliphatic rings. The van der Waals surface area contributed by atoms with E-state index in [4.69, 9.17) is 13.1 Å². The predicted molar refractivity (Wildman–Crippen MR) is 109 cm³/mol. The Morgan fingerprint density at radius 1 is 0.833 bits per heavy atom. The summed E-state index contributed by atoms with van der Waals surface area (Å²) in [5.41, 5.74) is 0. The van der Waals surface area contributed by atoms with E-state index in [9.17, 15) is 21.6 Å². The third-order valence-electron chi connectivity index (χ3n) is 3.96. The van der Waals surface area contributed by atoms with E-state index >= 15 is 0 Å². The SMILES string of the molecule is CCOC(=O)C(CCCCOS(=O)(=O)c1ccccc1)OS(=O)(=O)c1ccccc1. The fourth-order valence-corrected chi connectivity index (χ4v) is 4.54. The highest BCUT2D eigenvalue weighted by Crippen LogP contribution is 2.18. The van der Waals surface area contributed by atoms with E-state index < -0.39 is 32.3 Å². The molecular formula is C20H24O8S2. The van der Waals surface area contributed by atoms with Crippen LogP contribution in [-0.2, 0) is 38.1 Å². The first-order chi connectivity index (χ1) is 14.3. The van der Waals surface area contributed by atoms with E-state index in [1.54, 1.807) is 43.3 Å². The van der Waals surface area contributed by atoms with E-state index in [-0.39, 0.29) is 42.3 Å². The molecule has 1 unspecified atom stereocenters. The zero-order valence-corrected chi connectivity index (χ0v) is 18.1. The molecule has 0 fully saturated rings. The minimum atomic E-state index is -4.15.